The fraction of sp³-hybridized carbons (Fsp3) is 0.727. The number of hydrogen-bond acceptors (Lipinski definition) is 4. The van der Waals surface area contributed by atoms with Crippen molar-refractivity contribution in [2.75, 3.05) is 40.5 Å². The van der Waals surface area contributed by atoms with E-state index in [-0.39, 0.29) is 0 Å². The van der Waals surface area contributed by atoms with E-state index in [1.165, 1.54) is 0 Å². The molecule has 5 heteroatoms. The predicted octanol–water partition coefficient (Wildman–Crippen LogP) is 0.515. The Morgan fingerprint density at radius 1 is 1.25 bits per heavy atom. The average molecular weight is 227 g/mol. The van der Waals surface area contributed by atoms with E-state index < -0.39 is 0 Å². The number of rotatable bonds is 8. The van der Waals surface area contributed by atoms with Gasteiger partial charge in [-0.15, -0.1) is 0 Å². The third-order valence-corrected chi connectivity index (χ3v) is 2.51. The summed E-state index contributed by atoms with van der Waals surface area (Å²) in [5.74, 6) is 1.06. The van der Waals surface area contributed by atoms with Crippen molar-refractivity contribution in [2.45, 2.75) is 6.54 Å². The minimum absolute atomic E-state index is 0.730. The molecule has 5 nitrogen and oxygen atoms in total. The van der Waals surface area contributed by atoms with Gasteiger partial charge in [0.15, 0.2) is 0 Å². The van der Waals surface area contributed by atoms with Crippen molar-refractivity contribution in [2.24, 2.45) is 7.05 Å². The minimum Gasteiger partial charge on any atom is -0.383 e. The van der Waals surface area contributed by atoms with Gasteiger partial charge >= 0.3 is 0 Å². The Labute approximate surface area is 97.0 Å². The van der Waals surface area contributed by atoms with Crippen LogP contribution in [0.25, 0.3) is 0 Å². The second-order valence-corrected chi connectivity index (χ2v) is 3.72. The SMILES string of the molecule is COCCN(CCOC)Cc1nccn1C. The van der Waals surface area contributed by atoms with Crippen LogP contribution in [0, 0.1) is 0 Å². The molecule has 1 aromatic heterocycles. The Morgan fingerprint density at radius 3 is 2.31 bits per heavy atom. The van der Waals surface area contributed by atoms with Crippen LogP contribution in [0.1, 0.15) is 5.82 Å². The van der Waals surface area contributed by atoms with Crippen molar-refractivity contribution >= 4 is 0 Å². The molecule has 0 saturated heterocycles. The van der Waals surface area contributed by atoms with Crippen molar-refractivity contribution in [3.05, 3.63) is 18.2 Å². The van der Waals surface area contributed by atoms with E-state index in [2.05, 4.69) is 9.88 Å². The lowest BCUT2D eigenvalue weighted by atomic mass is 10.4. The highest BCUT2D eigenvalue weighted by Crippen LogP contribution is 2.01. The molecule has 0 bridgehead atoms. The zero-order valence-corrected chi connectivity index (χ0v) is 10.3. The van der Waals surface area contributed by atoms with E-state index >= 15 is 0 Å². The van der Waals surface area contributed by atoms with Gasteiger partial charge in [0, 0.05) is 46.8 Å². The van der Waals surface area contributed by atoms with Crippen LogP contribution in [-0.4, -0.2) is 55.0 Å². The number of hydrogen-bond donors (Lipinski definition) is 0. The van der Waals surface area contributed by atoms with Gasteiger partial charge in [0.25, 0.3) is 0 Å². The van der Waals surface area contributed by atoms with Gasteiger partial charge in [0.1, 0.15) is 5.82 Å². The van der Waals surface area contributed by atoms with Crippen LogP contribution in [-0.2, 0) is 23.1 Å². The molecule has 1 heterocycles. The average Bonchev–Trinajstić information content (AvgIpc) is 2.68. The number of ether oxygens (including phenoxy) is 2. The largest absolute Gasteiger partial charge is 0.383 e. The Bertz CT molecular complexity index is 281. The van der Waals surface area contributed by atoms with Crippen LogP contribution in [0.2, 0.25) is 0 Å². The van der Waals surface area contributed by atoms with Gasteiger partial charge in [0.2, 0.25) is 0 Å². The molecule has 0 spiro atoms. The maximum Gasteiger partial charge on any atom is 0.122 e. The molecule has 0 amide bonds. The number of aryl methyl sites for hydroxylation is 1. The first-order chi connectivity index (χ1) is 7.77. The highest BCUT2D eigenvalue weighted by molar-refractivity contribution is 4.90. The number of aromatic nitrogens is 2. The Balaban J connectivity index is 2.45. The smallest absolute Gasteiger partial charge is 0.122 e. The molecule has 0 atom stereocenters. The van der Waals surface area contributed by atoms with Crippen molar-refractivity contribution in [1.82, 2.24) is 14.5 Å². The summed E-state index contributed by atoms with van der Waals surface area (Å²) in [5.41, 5.74) is 0. The molecule has 0 aliphatic rings. The summed E-state index contributed by atoms with van der Waals surface area (Å²) in [4.78, 5) is 6.58. The fourth-order valence-corrected chi connectivity index (χ4v) is 1.46. The van der Waals surface area contributed by atoms with Crippen LogP contribution in [0.3, 0.4) is 0 Å². The van der Waals surface area contributed by atoms with E-state index in [1.54, 1.807) is 14.2 Å². The second-order valence-electron chi connectivity index (χ2n) is 3.72. The summed E-state index contributed by atoms with van der Waals surface area (Å²) in [5, 5.41) is 0. The first kappa shape index (κ1) is 13.2. The van der Waals surface area contributed by atoms with Crippen LogP contribution in [0.15, 0.2) is 12.4 Å². The van der Waals surface area contributed by atoms with Crippen molar-refractivity contribution < 1.29 is 9.47 Å². The van der Waals surface area contributed by atoms with Crippen molar-refractivity contribution in [1.29, 1.82) is 0 Å². The predicted molar refractivity (Wildman–Crippen MR) is 62.2 cm³/mol. The summed E-state index contributed by atoms with van der Waals surface area (Å²) in [7, 11) is 5.44. The maximum atomic E-state index is 5.09. The van der Waals surface area contributed by atoms with Gasteiger partial charge in [-0.05, 0) is 0 Å². The Morgan fingerprint density at radius 2 is 1.88 bits per heavy atom. The summed E-state index contributed by atoms with van der Waals surface area (Å²) >= 11 is 0. The molecule has 1 aromatic rings. The lowest BCUT2D eigenvalue weighted by Crippen LogP contribution is -2.31. The summed E-state index contributed by atoms with van der Waals surface area (Å²) in [6.07, 6.45) is 3.78. The molecule has 0 saturated carbocycles. The zero-order chi connectivity index (χ0) is 11.8. The van der Waals surface area contributed by atoms with E-state index in [0.29, 0.717) is 0 Å². The molecule has 92 valence electrons. The second kappa shape index (κ2) is 7.38. The standard InChI is InChI=1S/C11H21N3O2/c1-13-5-4-12-11(13)10-14(6-8-15-2)7-9-16-3/h4-5H,6-10H2,1-3H3. The Kier molecular flexibility index (Phi) is 6.07. The quantitative estimate of drug-likeness (QED) is 0.649. The normalized spacial score (nSPS) is 11.2. The lowest BCUT2D eigenvalue weighted by molar-refractivity contribution is 0.108. The van der Waals surface area contributed by atoms with Gasteiger partial charge in [-0.2, -0.15) is 0 Å². The molecule has 0 aliphatic heterocycles. The molecule has 0 N–H and O–H groups in total. The van der Waals surface area contributed by atoms with Gasteiger partial charge in [-0.25, -0.2) is 4.98 Å². The number of imidazole rings is 1. The van der Waals surface area contributed by atoms with Crippen molar-refractivity contribution in [3.63, 3.8) is 0 Å². The first-order valence-corrected chi connectivity index (χ1v) is 5.44. The topological polar surface area (TPSA) is 39.5 Å². The molecule has 0 fully saturated rings. The molecule has 0 aromatic carbocycles. The minimum atomic E-state index is 0.730. The maximum absolute atomic E-state index is 5.09. The van der Waals surface area contributed by atoms with Crippen molar-refractivity contribution in [3.8, 4) is 0 Å². The summed E-state index contributed by atoms with van der Waals surface area (Å²) < 4.78 is 12.2. The fourth-order valence-electron chi connectivity index (χ4n) is 1.46. The molecule has 1 rings (SSSR count). The van der Waals surface area contributed by atoms with Gasteiger partial charge in [-0.3, -0.25) is 4.90 Å². The zero-order valence-electron chi connectivity index (χ0n) is 10.3. The third kappa shape index (κ3) is 4.30. The molecule has 0 unspecified atom stereocenters. The monoisotopic (exact) mass is 227 g/mol. The van der Waals surface area contributed by atoms with E-state index in [9.17, 15) is 0 Å². The van der Waals surface area contributed by atoms with Gasteiger partial charge in [0.05, 0.1) is 19.8 Å². The summed E-state index contributed by atoms with van der Waals surface area (Å²) in [6.45, 7) is 4.08. The van der Waals surface area contributed by atoms with Crippen LogP contribution in [0.4, 0.5) is 0 Å². The highest BCUT2D eigenvalue weighted by atomic mass is 16.5. The Hall–Kier alpha value is -0.910. The van der Waals surface area contributed by atoms with Gasteiger partial charge < -0.3 is 14.0 Å². The summed E-state index contributed by atoms with van der Waals surface area (Å²) in [6, 6.07) is 0. The van der Waals surface area contributed by atoms with Crippen LogP contribution >= 0.6 is 0 Å². The molecular weight excluding hydrogens is 206 g/mol. The van der Waals surface area contributed by atoms with Crippen LogP contribution < -0.4 is 0 Å². The third-order valence-electron chi connectivity index (χ3n) is 2.51. The van der Waals surface area contributed by atoms with E-state index in [1.807, 2.05) is 24.0 Å². The molecular formula is C11H21N3O2. The molecule has 0 radical (unpaired) electrons. The van der Waals surface area contributed by atoms with Crippen LogP contribution in [0.5, 0.6) is 0 Å². The lowest BCUT2D eigenvalue weighted by Gasteiger charge is -2.21. The first-order valence-electron chi connectivity index (χ1n) is 5.44. The molecule has 0 aliphatic carbocycles. The number of nitrogens with zero attached hydrogens (tertiary/aromatic N) is 3. The van der Waals surface area contributed by atoms with Gasteiger partial charge in [-0.1, -0.05) is 0 Å². The number of methoxy groups -OCH3 is 2. The molecule has 16 heavy (non-hydrogen) atoms. The van der Waals surface area contributed by atoms with E-state index in [4.69, 9.17) is 9.47 Å². The highest BCUT2D eigenvalue weighted by Gasteiger charge is 2.08. The van der Waals surface area contributed by atoms with E-state index in [0.717, 1.165) is 38.7 Å².